The van der Waals surface area contributed by atoms with Crippen molar-refractivity contribution in [3.05, 3.63) is 103 Å². The van der Waals surface area contributed by atoms with E-state index in [9.17, 15) is 14.4 Å². The molecule has 238 valence electrons. The molecule has 0 atom stereocenters. The summed E-state index contributed by atoms with van der Waals surface area (Å²) in [4.78, 5) is 38.8. The molecule has 0 spiro atoms. The smallest absolute Gasteiger partial charge is 0.168 e. The Morgan fingerprint density at radius 2 is 0.841 bits per heavy atom. The van der Waals surface area contributed by atoms with Crippen molar-refractivity contribution < 1.29 is 14.4 Å². The zero-order chi connectivity index (χ0) is 32.7. The molecule has 0 unspecified atom stereocenters. The number of ketones is 3. The van der Waals surface area contributed by atoms with Gasteiger partial charge in [0.25, 0.3) is 0 Å². The van der Waals surface area contributed by atoms with Crippen LogP contribution >= 0.6 is 47.2 Å². The minimum absolute atomic E-state index is 0. The SMILES string of the molecule is CC(C)(C)C(=O)c1ccc(CC(N)(Cc2ccc(C(=O)C(C)(C)C)cc2Cl)c2ccc(C(=O)C(C)(C)C)cc2Cl)c(Cl)c1.Cl. The maximum atomic E-state index is 13.0. The third kappa shape index (κ3) is 8.73. The fourth-order valence-electron chi connectivity index (χ4n) is 4.96. The van der Waals surface area contributed by atoms with E-state index in [0.717, 1.165) is 11.1 Å². The van der Waals surface area contributed by atoms with E-state index in [-0.39, 0.29) is 42.6 Å². The molecule has 0 aliphatic heterocycles. The summed E-state index contributed by atoms with van der Waals surface area (Å²) in [6.45, 7) is 16.8. The van der Waals surface area contributed by atoms with Gasteiger partial charge >= 0.3 is 0 Å². The molecule has 0 aromatic heterocycles. The van der Waals surface area contributed by atoms with Crippen molar-refractivity contribution in [1.29, 1.82) is 0 Å². The van der Waals surface area contributed by atoms with Crippen LogP contribution in [0, 0.1) is 16.2 Å². The van der Waals surface area contributed by atoms with Gasteiger partial charge in [0.15, 0.2) is 17.3 Å². The number of carbonyl (C=O) groups is 3. The monoisotopic (exact) mass is 677 g/mol. The van der Waals surface area contributed by atoms with Gasteiger partial charge in [-0.25, -0.2) is 0 Å². The van der Waals surface area contributed by atoms with Crippen molar-refractivity contribution in [2.24, 2.45) is 22.0 Å². The van der Waals surface area contributed by atoms with Crippen LogP contribution in [0.3, 0.4) is 0 Å². The largest absolute Gasteiger partial charge is 0.321 e. The van der Waals surface area contributed by atoms with E-state index in [0.29, 0.717) is 37.3 Å². The third-order valence-corrected chi connectivity index (χ3v) is 8.47. The number of carbonyl (C=O) groups excluding carboxylic acids is 3. The summed E-state index contributed by atoms with van der Waals surface area (Å²) in [6, 6.07) is 15.7. The standard InChI is InChI=1S/C36H42Cl3NO3.ClH/c1-33(2,3)30(41)21-10-12-24(27(37)16-21)19-36(40,26-15-14-23(18-29(26)39)32(43)35(7,8)9)20-25-13-11-22(17-28(25)38)31(42)34(4,5)6;/h10-18H,19-20,40H2,1-9H3;1H. The predicted molar refractivity (Wildman–Crippen MR) is 186 cm³/mol. The van der Waals surface area contributed by atoms with Crippen LogP contribution in [0.2, 0.25) is 15.1 Å². The number of hydrogen-bond donors (Lipinski definition) is 1. The van der Waals surface area contributed by atoms with Gasteiger partial charge in [-0.2, -0.15) is 0 Å². The number of benzene rings is 3. The van der Waals surface area contributed by atoms with Crippen molar-refractivity contribution in [2.45, 2.75) is 80.7 Å². The minimum Gasteiger partial charge on any atom is -0.321 e. The summed E-state index contributed by atoms with van der Waals surface area (Å²) in [5.41, 5.74) is 8.07. The van der Waals surface area contributed by atoms with E-state index in [1.165, 1.54) is 0 Å². The highest BCUT2D eigenvalue weighted by atomic mass is 35.5. The Balaban J connectivity index is 0.00000675. The first-order valence-corrected chi connectivity index (χ1v) is 15.5. The number of rotatable bonds is 8. The second kappa shape index (κ2) is 13.6. The summed E-state index contributed by atoms with van der Waals surface area (Å²) in [7, 11) is 0. The Kier molecular flexibility index (Phi) is 11.8. The number of nitrogens with two attached hydrogens (primary N) is 1. The normalized spacial score (nSPS) is 12.5. The number of Topliss-reactive ketones (excluding diaryl/α,β-unsaturated/α-hetero) is 3. The average molecular weight is 680 g/mol. The predicted octanol–water partition coefficient (Wildman–Crippen LogP) is 10.4. The van der Waals surface area contributed by atoms with Crippen LogP contribution in [-0.4, -0.2) is 17.3 Å². The van der Waals surface area contributed by atoms with Gasteiger partial charge in [0, 0.05) is 48.0 Å². The third-order valence-electron chi connectivity index (χ3n) is 7.45. The second-order valence-electron chi connectivity index (χ2n) is 14.6. The maximum Gasteiger partial charge on any atom is 0.168 e. The van der Waals surface area contributed by atoms with Crippen LogP contribution in [0.4, 0.5) is 0 Å². The van der Waals surface area contributed by atoms with E-state index < -0.39 is 21.8 Å². The summed E-state index contributed by atoms with van der Waals surface area (Å²) in [6.07, 6.45) is 0.530. The van der Waals surface area contributed by atoms with Crippen molar-refractivity contribution in [3.8, 4) is 0 Å². The summed E-state index contributed by atoms with van der Waals surface area (Å²) in [5.74, 6) is -0.0644. The van der Waals surface area contributed by atoms with Gasteiger partial charge < -0.3 is 5.73 Å². The molecular formula is C36H43Cl4NO3. The molecule has 3 aromatic rings. The quantitative estimate of drug-likeness (QED) is 0.241. The lowest BCUT2D eigenvalue weighted by Gasteiger charge is -2.33. The minimum atomic E-state index is -1.11. The van der Waals surface area contributed by atoms with Crippen LogP contribution in [0.25, 0.3) is 0 Å². The first-order chi connectivity index (χ1) is 19.5. The molecule has 0 amide bonds. The van der Waals surface area contributed by atoms with Crippen LogP contribution in [0.5, 0.6) is 0 Å². The van der Waals surface area contributed by atoms with E-state index in [1.807, 2.05) is 74.4 Å². The maximum absolute atomic E-state index is 13.0. The highest BCUT2D eigenvalue weighted by Gasteiger charge is 2.34. The van der Waals surface area contributed by atoms with E-state index in [2.05, 4.69) is 0 Å². The molecule has 8 heteroatoms. The Morgan fingerprint density at radius 3 is 1.11 bits per heavy atom. The summed E-state index contributed by atoms with van der Waals surface area (Å²) in [5, 5.41) is 1.18. The number of halogens is 4. The molecule has 0 radical (unpaired) electrons. The Hall–Kier alpha value is -2.21. The lowest BCUT2D eigenvalue weighted by Crippen LogP contribution is -2.42. The van der Waals surface area contributed by atoms with Gasteiger partial charge in [0.2, 0.25) is 0 Å². The van der Waals surface area contributed by atoms with E-state index in [4.69, 9.17) is 40.5 Å². The first-order valence-electron chi connectivity index (χ1n) is 14.3. The molecule has 0 heterocycles. The molecular weight excluding hydrogens is 636 g/mol. The van der Waals surface area contributed by atoms with Crippen LogP contribution in [0.15, 0.2) is 54.6 Å². The van der Waals surface area contributed by atoms with Crippen molar-refractivity contribution in [2.75, 3.05) is 0 Å². The number of hydrogen-bond acceptors (Lipinski definition) is 4. The highest BCUT2D eigenvalue weighted by molar-refractivity contribution is 6.33. The van der Waals surface area contributed by atoms with Crippen molar-refractivity contribution in [1.82, 2.24) is 0 Å². The lowest BCUT2D eigenvalue weighted by atomic mass is 9.78. The Labute approximate surface area is 283 Å². The molecule has 2 N–H and O–H groups in total. The fraction of sp³-hybridized carbons (Fsp3) is 0.417. The van der Waals surface area contributed by atoms with Gasteiger partial charge in [0.1, 0.15) is 0 Å². The van der Waals surface area contributed by atoms with Crippen LogP contribution in [0.1, 0.15) is 110 Å². The molecule has 0 aliphatic carbocycles. The van der Waals surface area contributed by atoms with Gasteiger partial charge in [-0.05, 0) is 47.7 Å². The zero-order valence-corrected chi connectivity index (χ0v) is 30.0. The molecule has 3 aromatic carbocycles. The van der Waals surface area contributed by atoms with Crippen molar-refractivity contribution >= 4 is 64.6 Å². The fourth-order valence-corrected chi connectivity index (χ4v) is 5.82. The second-order valence-corrected chi connectivity index (χ2v) is 15.8. The van der Waals surface area contributed by atoms with Gasteiger partial charge in [0.05, 0.1) is 5.54 Å². The molecule has 0 saturated heterocycles. The first kappa shape index (κ1) is 38.0. The van der Waals surface area contributed by atoms with Crippen LogP contribution in [-0.2, 0) is 18.4 Å². The highest BCUT2D eigenvalue weighted by Crippen LogP contribution is 2.38. The molecule has 0 fully saturated rings. The Bertz CT molecular complexity index is 1500. The lowest BCUT2D eigenvalue weighted by molar-refractivity contribution is 0.0852. The molecule has 4 nitrogen and oxygen atoms in total. The van der Waals surface area contributed by atoms with Gasteiger partial charge in [-0.3, -0.25) is 14.4 Å². The van der Waals surface area contributed by atoms with E-state index in [1.54, 1.807) is 42.5 Å². The summed E-state index contributed by atoms with van der Waals surface area (Å²) >= 11 is 20.4. The van der Waals surface area contributed by atoms with Gasteiger partial charge in [-0.1, -0.05) is 134 Å². The molecule has 0 bridgehead atoms. The summed E-state index contributed by atoms with van der Waals surface area (Å²) < 4.78 is 0. The average Bonchev–Trinajstić information content (AvgIpc) is 2.88. The van der Waals surface area contributed by atoms with Crippen molar-refractivity contribution in [3.63, 3.8) is 0 Å². The topological polar surface area (TPSA) is 77.2 Å². The van der Waals surface area contributed by atoms with E-state index >= 15 is 0 Å². The Morgan fingerprint density at radius 1 is 0.545 bits per heavy atom. The van der Waals surface area contributed by atoms with Crippen LogP contribution < -0.4 is 5.73 Å². The molecule has 3 rings (SSSR count). The van der Waals surface area contributed by atoms with Gasteiger partial charge in [-0.15, -0.1) is 12.4 Å². The zero-order valence-electron chi connectivity index (χ0n) is 27.0. The molecule has 0 saturated carbocycles. The molecule has 0 aliphatic rings. The molecule has 44 heavy (non-hydrogen) atoms.